The van der Waals surface area contributed by atoms with Crippen LogP contribution in [-0.4, -0.2) is 18.1 Å². The highest BCUT2D eigenvalue weighted by atomic mass is 15.0. The molecule has 3 N–H and O–H groups in total. The van der Waals surface area contributed by atoms with Crippen molar-refractivity contribution in [1.82, 2.24) is 5.32 Å². The van der Waals surface area contributed by atoms with Crippen LogP contribution >= 0.6 is 0 Å². The standard InChI is InChI=1S/C20H32N2/c1-20(2,3)13-14-4-6-15(7-5-14)18-12-19(18)22-17-10-8-16(21)9-11-17/h4-7,16-19,22H,8-13,21H2,1-3H3. The van der Waals surface area contributed by atoms with Gasteiger partial charge in [-0.15, -0.1) is 0 Å². The zero-order chi connectivity index (χ0) is 15.7. The van der Waals surface area contributed by atoms with Crippen molar-refractivity contribution in [2.75, 3.05) is 0 Å². The summed E-state index contributed by atoms with van der Waals surface area (Å²) < 4.78 is 0. The van der Waals surface area contributed by atoms with Crippen molar-refractivity contribution < 1.29 is 0 Å². The van der Waals surface area contributed by atoms with Crippen molar-refractivity contribution in [3.8, 4) is 0 Å². The number of nitrogens with one attached hydrogen (secondary N) is 1. The van der Waals surface area contributed by atoms with Gasteiger partial charge in [0.05, 0.1) is 0 Å². The second-order valence-electron chi connectivity index (χ2n) is 8.71. The molecule has 122 valence electrons. The molecule has 0 saturated heterocycles. The van der Waals surface area contributed by atoms with E-state index in [2.05, 4.69) is 50.4 Å². The summed E-state index contributed by atoms with van der Waals surface area (Å²) in [6.07, 6.45) is 7.36. The maximum absolute atomic E-state index is 5.99. The van der Waals surface area contributed by atoms with Crippen LogP contribution in [0.5, 0.6) is 0 Å². The molecule has 1 aromatic carbocycles. The van der Waals surface area contributed by atoms with Gasteiger partial charge in [0.2, 0.25) is 0 Å². The summed E-state index contributed by atoms with van der Waals surface area (Å²) in [5, 5.41) is 3.86. The third-order valence-corrected chi connectivity index (χ3v) is 5.15. The first kappa shape index (κ1) is 16.0. The Labute approximate surface area is 135 Å². The monoisotopic (exact) mass is 300 g/mol. The molecular formula is C20H32N2. The largest absolute Gasteiger partial charge is 0.328 e. The quantitative estimate of drug-likeness (QED) is 0.882. The Hall–Kier alpha value is -0.860. The van der Waals surface area contributed by atoms with E-state index in [4.69, 9.17) is 5.73 Å². The topological polar surface area (TPSA) is 38.0 Å². The predicted molar refractivity (Wildman–Crippen MR) is 94.1 cm³/mol. The fraction of sp³-hybridized carbons (Fsp3) is 0.700. The van der Waals surface area contributed by atoms with Gasteiger partial charge in [0.1, 0.15) is 0 Å². The van der Waals surface area contributed by atoms with E-state index in [-0.39, 0.29) is 0 Å². The highest BCUT2D eigenvalue weighted by Gasteiger charge is 2.39. The van der Waals surface area contributed by atoms with Crippen LogP contribution < -0.4 is 11.1 Å². The van der Waals surface area contributed by atoms with E-state index in [1.54, 1.807) is 0 Å². The lowest BCUT2D eigenvalue weighted by molar-refractivity contribution is 0.339. The molecular weight excluding hydrogens is 268 g/mol. The van der Waals surface area contributed by atoms with Crippen LogP contribution in [0.1, 0.15) is 69.9 Å². The molecule has 2 unspecified atom stereocenters. The third-order valence-electron chi connectivity index (χ3n) is 5.15. The van der Waals surface area contributed by atoms with Crippen molar-refractivity contribution in [3.63, 3.8) is 0 Å². The number of rotatable bonds is 4. The van der Waals surface area contributed by atoms with E-state index < -0.39 is 0 Å². The van der Waals surface area contributed by atoms with Crippen LogP contribution in [-0.2, 0) is 6.42 Å². The van der Waals surface area contributed by atoms with E-state index in [0.717, 1.165) is 12.3 Å². The van der Waals surface area contributed by atoms with Crippen LogP contribution in [0.25, 0.3) is 0 Å². The maximum Gasteiger partial charge on any atom is 0.0145 e. The van der Waals surface area contributed by atoms with Crippen molar-refractivity contribution >= 4 is 0 Å². The van der Waals surface area contributed by atoms with E-state index in [9.17, 15) is 0 Å². The van der Waals surface area contributed by atoms with E-state index in [0.29, 0.717) is 23.5 Å². The van der Waals surface area contributed by atoms with Gasteiger partial charge in [-0.25, -0.2) is 0 Å². The zero-order valence-corrected chi connectivity index (χ0v) is 14.4. The predicted octanol–water partition coefficient (Wildman–Crippen LogP) is 3.99. The van der Waals surface area contributed by atoms with Crippen molar-refractivity contribution in [2.24, 2.45) is 11.1 Å². The van der Waals surface area contributed by atoms with Crippen LogP contribution in [0.2, 0.25) is 0 Å². The zero-order valence-electron chi connectivity index (χ0n) is 14.4. The Morgan fingerprint density at radius 2 is 1.68 bits per heavy atom. The Morgan fingerprint density at radius 1 is 1.05 bits per heavy atom. The van der Waals surface area contributed by atoms with Gasteiger partial charge in [0, 0.05) is 24.0 Å². The first-order valence-electron chi connectivity index (χ1n) is 9.01. The van der Waals surface area contributed by atoms with Gasteiger partial charge in [0.15, 0.2) is 0 Å². The number of hydrogen-bond acceptors (Lipinski definition) is 2. The second kappa shape index (κ2) is 6.33. The van der Waals surface area contributed by atoms with Crippen molar-refractivity contribution in [2.45, 2.75) is 83.3 Å². The van der Waals surface area contributed by atoms with Gasteiger partial charge in [-0.3, -0.25) is 0 Å². The molecule has 0 bridgehead atoms. The van der Waals surface area contributed by atoms with Gasteiger partial charge < -0.3 is 11.1 Å². The van der Waals surface area contributed by atoms with Gasteiger partial charge in [0.25, 0.3) is 0 Å². The average Bonchev–Trinajstić information content (AvgIpc) is 3.20. The molecule has 0 radical (unpaired) electrons. The Morgan fingerprint density at radius 3 is 2.27 bits per heavy atom. The van der Waals surface area contributed by atoms with Crippen LogP contribution in [0, 0.1) is 5.41 Å². The minimum absolute atomic E-state index is 0.368. The third kappa shape index (κ3) is 4.33. The SMILES string of the molecule is CC(C)(C)Cc1ccc(C2CC2NC2CCC(N)CC2)cc1. The number of benzene rings is 1. The van der Waals surface area contributed by atoms with Crippen molar-refractivity contribution in [1.29, 1.82) is 0 Å². The highest BCUT2D eigenvalue weighted by molar-refractivity contribution is 5.31. The lowest BCUT2D eigenvalue weighted by Gasteiger charge is -2.27. The van der Waals surface area contributed by atoms with Gasteiger partial charge >= 0.3 is 0 Å². The molecule has 3 rings (SSSR count). The fourth-order valence-corrected chi connectivity index (χ4v) is 3.83. The Balaban J connectivity index is 1.49. The molecule has 0 spiro atoms. The summed E-state index contributed by atoms with van der Waals surface area (Å²) in [5.41, 5.74) is 9.34. The second-order valence-corrected chi connectivity index (χ2v) is 8.71. The van der Waals surface area contributed by atoms with Gasteiger partial charge in [-0.1, -0.05) is 45.0 Å². The Kier molecular flexibility index (Phi) is 4.61. The first-order valence-corrected chi connectivity index (χ1v) is 9.01. The summed E-state index contributed by atoms with van der Waals surface area (Å²) in [4.78, 5) is 0. The van der Waals surface area contributed by atoms with Gasteiger partial charge in [-0.2, -0.15) is 0 Å². The first-order chi connectivity index (χ1) is 10.4. The van der Waals surface area contributed by atoms with Crippen LogP contribution in [0.15, 0.2) is 24.3 Å². The average molecular weight is 300 g/mol. The van der Waals surface area contributed by atoms with E-state index >= 15 is 0 Å². The summed E-state index contributed by atoms with van der Waals surface area (Å²) in [7, 11) is 0. The molecule has 2 saturated carbocycles. The summed E-state index contributed by atoms with van der Waals surface area (Å²) in [6, 6.07) is 11.2. The molecule has 22 heavy (non-hydrogen) atoms. The van der Waals surface area contributed by atoms with E-state index in [1.807, 2.05) is 0 Å². The molecule has 2 aliphatic carbocycles. The lowest BCUT2D eigenvalue weighted by atomic mass is 9.88. The van der Waals surface area contributed by atoms with Gasteiger partial charge in [-0.05, 0) is 55.1 Å². The maximum atomic E-state index is 5.99. The molecule has 2 fully saturated rings. The molecule has 1 aromatic rings. The smallest absolute Gasteiger partial charge is 0.0145 e. The molecule has 2 heteroatoms. The fourth-order valence-electron chi connectivity index (χ4n) is 3.83. The lowest BCUT2D eigenvalue weighted by Crippen LogP contribution is -2.38. The summed E-state index contributed by atoms with van der Waals surface area (Å²) in [6.45, 7) is 6.91. The van der Waals surface area contributed by atoms with Crippen LogP contribution in [0.4, 0.5) is 0 Å². The molecule has 0 aromatic heterocycles. The molecule has 0 heterocycles. The minimum atomic E-state index is 0.368. The molecule has 2 nitrogen and oxygen atoms in total. The molecule has 2 aliphatic rings. The Bertz CT molecular complexity index is 477. The van der Waals surface area contributed by atoms with Crippen molar-refractivity contribution in [3.05, 3.63) is 35.4 Å². The molecule has 2 atom stereocenters. The highest BCUT2D eigenvalue weighted by Crippen LogP contribution is 2.42. The minimum Gasteiger partial charge on any atom is -0.328 e. The van der Waals surface area contributed by atoms with Crippen LogP contribution in [0.3, 0.4) is 0 Å². The number of hydrogen-bond donors (Lipinski definition) is 2. The summed E-state index contributed by atoms with van der Waals surface area (Å²) in [5.74, 6) is 0.735. The molecule has 0 aliphatic heterocycles. The normalized spacial score (nSPS) is 32.0. The van der Waals surface area contributed by atoms with E-state index in [1.165, 1.54) is 43.2 Å². The number of nitrogens with two attached hydrogens (primary N) is 1. The molecule has 0 amide bonds. The summed E-state index contributed by atoms with van der Waals surface area (Å²) >= 11 is 0.